The third kappa shape index (κ3) is 3.75. The molecule has 2 heterocycles. The van der Waals surface area contributed by atoms with E-state index in [-0.39, 0.29) is 5.91 Å². The molecule has 3 rings (SSSR count). The molecule has 0 unspecified atom stereocenters. The predicted octanol–water partition coefficient (Wildman–Crippen LogP) is 4.22. The molecule has 110 valence electrons. The second-order valence-corrected chi connectivity index (χ2v) is 6.63. The van der Waals surface area contributed by atoms with Crippen molar-refractivity contribution in [3.05, 3.63) is 76.6 Å². The van der Waals surface area contributed by atoms with Gasteiger partial charge in [-0.2, -0.15) is 0 Å². The molecular weight excluding hydrogens is 312 g/mol. The van der Waals surface area contributed by atoms with Crippen LogP contribution < -0.4 is 5.32 Å². The van der Waals surface area contributed by atoms with Crippen molar-refractivity contribution in [2.75, 3.05) is 0 Å². The van der Waals surface area contributed by atoms with Crippen LogP contribution >= 0.6 is 23.1 Å². The molecule has 0 aliphatic heterocycles. The van der Waals surface area contributed by atoms with E-state index >= 15 is 0 Å². The zero-order valence-electron chi connectivity index (χ0n) is 11.7. The number of nitrogens with one attached hydrogen (secondary N) is 1. The van der Waals surface area contributed by atoms with Crippen LogP contribution in [-0.4, -0.2) is 10.9 Å². The fraction of sp³-hybridized carbons (Fsp3) is 0.0588. The SMILES string of the molecule is O=C(NCc1cccs1)c1cccnc1Sc1ccccc1. The summed E-state index contributed by atoms with van der Waals surface area (Å²) in [5, 5.41) is 5.67. The molecule has 22 heavy (non-hydrogen) atoms. The average molecular weight is 326 g/mol. The highest BCUT2D eigenvalue weighted by Gasteiger charge is 2.13. The van der Waals surface area contributed by atoms with Crippen LogP contribution in [0.5, 0.6) is 0 Å². The zero-order valence-corrected chi connectivity index (χ0v) is 13.4. The van der Waals surface area contributed by atoms with E-state index in [9.17, 15) is 4.79 Å². The first-order valence-corrected chi connectivity index (χ1v) is 8.51. The number of amides is 1. The Morgan fingerprint density at radius 2 is 1.95 bits per heavy atom. The van der Waals surface area contributed by atoms with Gasteiger partial charge in [0.15, 0.2) is 0 Å². The smallest absolute Gasteiger partial charge is 0.254 e. The van der Waals surface area contributed by atoms with E-state index in [0.717, 1.165) is 14.8 Å². The summed E-state index contributed by atoms with van der Waals surface area (Å²) >= 11 is 3.13. The number of aromatic nitrogens is 1. The van der Waals surface area contributed by atoms with E-state index in [0.29, 0.717) is 12.1 Å². The Morgan fingerprint density at radius 1 is 1.09 bits per heavy atom. The first-order valence-electron chi connectivity index (χ1n) is 6.81. The van der Waals surface area contributed by atoms with E-state index < -0.39 is 0 Å². The monoisotopic (exact) mass is 326 g/mol. The van der Waals surface area contributed by atoms with Gasteiger partial charge in [-0.1, -0.05) is 36.0 Å². The summed E-state index contributed by atoms with van der Waals surface area (Å²) in [5.41, 5.74) is 0.605. The minimum absolute atomic E-state index is 0.0973. The lowest BCUT2D eigenvalue weighted by atomic mass is 10.2. The van der Waals surface area contributed by atoms with Crippen molar-refractivity contribution < 1.29 is 4.79 Å². The number of thiophene rings is 1. The highest BCUT2D eigenvalue weighted by atomic mass is 32.2. The molecule has 0 bridgehead atoms. The summed E-state index contributed by atoms with van der Waals surface area (Å²) in [6.07, 6.45) is 1.71. The van der Waals surface area contributed by atoms with Crippen molar-refractivity contribution in [2.45, 2.75) is 16.5 Å². The topological polar surface area (TPSA) is 42.0 Å². The second kappa shape index (κ2) is 7.24. The van der Waals surface area contributed by atoms with Crippen molar-refractivity contribution in [2.24, 2.45) is 0 Å². The molecular formula is C17H14N2OS2. The fourth-order valence-electron chi connectivity index (χ4n) is 1.92. The van der Waals surface area contributed by atoms with Crippen LogP contribution in [0, 0.1) is 0 Å². The van der Waals surface area contributed by atoms with Crippen LogP contribution in [0.2, 0.25) is 0 Å². The molecule has 2 aromatic heterocycles. The maximum atomic E-state index is 12.4. The first kappa shape index (κ1) is 14.8. The van der Waals surface area contributed by atoms with Gasteiger partial charge in [0.25, 0.3) is 5.91 Å². The van der Waals surface area contributed by atoms with Gasteiger partial charge in [-0.15, -0.1) is 11.3 Å². The summed E-state index contributed by atoms with van der Waals surface area (Å²) in [6, 6.07) is 17.5. The highest BCUT2D eigenvalue weighted by molar-refractivity contribution is 7.99. The molecule has 0 radical (unpaired) electrons. The molecule has 0 aliphatic carbocycles. The van der Waals surface area contributed by atoms with Gasteiger partial charge in [-0.3, -0.25) is 4.79 Å². The van der Waals surface area contributed by atoms with Crippen LogP contribution in [0.4, 0.5) is 0 Å². The zero-order chi connectivity index (χ0) is 15.2. The van der Waals surface area contributed by atoms with Crippen molar-refractivity contribution in [1.82, 2.24) is 10.3 Å². The van der Waals surface area contributed by atoms with Crippen LogP contribution in [0.25, 0.3) is 0 Å². The Balaban J connectivity index is 1.74. The summed E-state index contributed by atoms with van der Waals surface area (Å²) in [5.74, 6) is -0.0973. The number of rotatable bonds is 5. The second-order valence-electron chi connectivity index (χ2n) is 4.53. The number of carbonyl (C=O) groups excluding carboxylic acids is 1. The van der Waals surface area contributed by atoms with E-state index in [1.807, 2.05) is 53.9 Å². The number of benzene rings is 1. The van der Waals surface area contributed by atoms with Gasteiger partial charge in [0.1, 0.15) is 5.03 Å². The van der Waals surface area contributed by atoms with Crippen molar-refractivity contribution in [3.8, 4) is 0 Å². The number of pyridine rings is 1. The van der Waals surface area contributed by atoms with E-state index in [4.69, 9.17) is 0 Å². The van der Waals surface area contributed by atoms with Gasteiger partial charge in [0.2, 0.25) is 0 Å². The van der Waals surface area contributed by atoms with Gasteiger partial charge in [0, 0.05) is 16.0 Å². The molecule has 0 fully saturated rings. The molecule has 3 aromatic rings. The molecule has 1 aromatic carbocycles. The van der Waals surface area contributed by atoms with Crippen molar-refractivity contribution in [1.29, 1.82) is 0 Å². The van der Waals surface area contributed by atoms with Gasteiger partial charge in [-0.05, 0) is 35.7 Å². The summed E-state index contributed by atoms with van der Waals surface area (Å²) in [4.78, 5) is 18.9. The van der Waals surface area contributed by atoms with Crippen LogP contribution in [0.15, 0.2) is 76.1 Å². The summed E-state index contributed by atoms with van der Waals surface area (Å²) in [7, 11) is 0. The van der Waals surface area contributed by atoms with E-state index in [1.165, 1.54) is 11.8 Å². The Bertz CT molecular complexity index is 742. The standard InChI is InChI=1S/C17H14N2OS2/c20-16(19-12-14-8-5-11-21-14)15-9-4-10-18-17(15)22-13-6-2-1-3-7-13/h1-11H,12H2,(H,19,20). The fourth-order valence-corrected chi connectivity index (χ4v) is 3.47. The third-order valence-corrected chi connectivity index (χ3v) is 4.88. The van der Waals surface area contributed by atoms with Crippen molar-refractivity contribution in [3.63, 3.8) is 0 Å². The van der Waals surface area contributed by atoms with Crippen LogP contribution in [0.3, 0.4) is 0 Å². The lowest BCUT2D eigenvalue weighted by Crippen LogP contribution is -2.23. The Kier molecular flexibility index (Phi) is 4.88. The molecule has 0 atom stereocenters. The van der Waals surface area contributed by atoms with Crippen LogP contribution in [0.1, 0.15) is 15.2 Å². The first-order chi connectivity index (χ1) is 10.8. The minimum atomic E-state index is -0.0973. The normalized spacial score (nSPS) is 10.4. The lowest BCUT2D eigenvalue weighted by molar-refractivity contribution is 0.0947. The van der Waals surface area contributed by atoms with E-state index in [1.54, 1.807) is 23.6 Å². The Hall–Kier alpha value is -2.11. The molecule has 0 saturated carbocycles. The number of carbonyl (C=O) groups is 1. The molecule has 0 saturated heterocycles. The molecule has 1 N–H and O–H groups in total. The maximum Gasteiger partial charge on any atom is 0.254 e. The average Bonchev–Trinajstić information content (AvgIpc) is 3.08. The van der Waals surface area contributed by atoms with Crippen LogP contribution in [-0.2, 0) is 6.54 Å². The molecule has 1 amide bonds. The minimum Gasteiger partial charge on any atom is -0.347 e. The third-order valence-electron chi connectivity index (χ3n) is 2.98. The number of hydrogen-bond donors (Lipinski definition) is 1. The molecule has 3 nitrogen and oxygen atoms in total. The van der Waals surface area contributed by atoms with E-state index in [2.05, 4.69) is 10.3 Å². The predicted molar refractivity (Wildman–Crippen MR) is 90.3 cm³/mol. The number of nitrogens with zero attached hydrogens (tertiary/aromatic N) is 1. The van der Waals surface area contributed by atoms with Gasteiger partial charge < -0.3 is 5.32 Å². The largest absolute Gasteiger partial charge is 0.347 e. The maximum absolute atomic E-state index is 12.4. The lowest BCUT2D eigenvalue weighted by Gasteiger charge is -2.08. The number of hydrogen-bond acceptors (Lipinski definition) is 4. The quantitative estimate of drug-likeness (QED) is 0.763. The Morgan fingerprint density at radius 3 is 2.73 bits per heavy atom. The van der Waals surface area contributed by atoms with Crippen molar-refractivity contribution >= 4 is 29.0 Å². The molecule has 0 aliphatic rings. The molecule has 5 heteroatoms. The summed E-state index contributed by atoms with van der Waals surface area (Å²) in [6.45, 7) is 0.542. The van der Waals surface area contributed by atoms with Gasteiger partial charge in [-0.25, -0.2) is 4.98 Å². The summed E-state index contributed by atoms with van der Waals surface area (Å²) < 4.78 is 0. The van der Waals surface area contributed by atoms with Gasteiger partial charge in [0.05, 0.1) is 12.1 Å². The molecule has 0 spiro atoms. The highest BCUT2D eigenvalue weighted by Crippen LogP contribution is 2.28. The van der Waals surface area contributed by atoms with Gasteiger partial charge >= 0.3 is 0 Å². The Labute approximate surface area is 137 Å².